The van der Waals surface area contributed by atoms with Crippen LogP contribution >= 0.6 is 0 Å². The van der Waals surface area contributed by atoms with Gasteiger partial charge in [0.15, 0.2) is 5.60 Å². The lowest BCUT2D eigenvalue weighted by atomic mass is 9.44. The largest absolute Gasteiger partial charge is 0.509 e. The van der Waals surface area contributed by atoms with Gasteiger partial charge in [-0.15, -0.1) is 0 Å². The summed E-state index contributed by atoms with van der Waals surface area (Å²) in [6.45, 7) is 4.75. The number of Topliss-reactive ketones (excluding diaryl/α,β-unsaturated/α-hetero) is 1. The highest BCUT2D eigenvalue weighted by atomic mass is 16.8. The van der Waals surface area contributed by atoms with Gasteiger partial charge in [-0.3, -0.25) is 9.59 Å². The van der Waals surface area contributed by atoms with Crippen LogP contribution < -0.4 is 0 Å². The van der Waals surface area contributed by atoms with E-state index in [0.29, 0.717) is 25.4 Å². The molecular formula is C24H28O7. The Hall–Kier alpha value is -1.89. The van der Waals surface area contributed by atoms with Crippen molar-refractivity contribution in [2.45, 2.75) is 63.3 Å². The second-order valence-corrected chi connectivity index (χ2v) is 11.4. The maximum atomic E-state index is 13.1. The lowest BCUT2D eigenvalue weighted by Crippen LogP contribution is -2.64. The molecule has 0 aromatic carbocycles. The van der Waals surface area contributed by atoms with Crippen LogP contribution in [-0.2, 0) is 28.5 Å². The van der Waals surface area contributed by atoms with E-state index in [2.05, 4.69) is 13.8 Å². The second kappa shape index (κ2) is 5.19. The smallest absolute Gasteiger partial charge is 0.469 e. The molecule has 7 heteroatoms. The van der Waals surface area contributed by atoms with Gasteiger partial charge < -0.3 is 18.9 Å². The van der Waals surface area contributed by atoms with E-state index < -0.39 is 23.3 Å². The van der Waals surface area contributed by atoms with Crippen molar-refractivity contribution in [1.82, 2.24) is 0 Å². The first-order chi connectivity index (χ1) is 14.7. The highest BCUT2D eigenvalue weighted by Gasteiger charge is 2.88. The van der Waals surface area contributed by atoms with Gasteiger partial charge in [0.05, 0.1) is 19.1 Å². The maximum absolute atomic E-state index is 13.1. The third-order valence-electron chi connectivity index (χ3n) is 10.6. The number of methoxy groups -OCH3 is 1. The maximum Gasteiger partial charge on any atom is 0.509 e. The monoisotopic (exact) mass is 428 g/mol. The van der Waals surface area contributed by atoms with E-state index in [1.54, 1.807) is 0 Å². The van der Waals surface area contributed by atoms with Crippen molar-refractivity contribution < 1.29 is 33.3 Å². The number of carbonyl (C=O) groups excluding carboxylic acids is 3. The third-order valence-corrected chi connectivity index (χ3v) is 10.6. The van der Waals surface area contributed by atoms with Crippen molar-refractivity contribution >= 4 is 17.9 Å². The average Bonchev–Trinajstić information content (AvgIpc) is 3.61. The zero-order valence-corrected chi connectivity index (χ0v) is 18.1. The van der Waals surface area contributed by atoms with Crippen LogP contribution in [0.2, 0.25) is 0 Å². The molecule has 2 unspecified atom stereocenters. The van der Waals surface area contributed by atoms with Crippen LogP contribution in [-0.4, -0.2) is 48.9 Å². The van der Waals surface area contributed by atoms with Crippen molar-refractivity contribution in [1.29, 1.82) is 0 Å². The summed E-state index contributed by atoms with van der Waals surface area (Å²) >= 11 is 0. The Labute approximate surface area is 180 Å². The van der Waals surface area contributed by atoms with E-state index in [1.165, 1.54) is 7.11 Å². The van der Waals surface area contributed by atoms with Crippen LogP contribution in [0.15, 0.2) is 11.6 Å². The SMILES string of the molecule is COC(=O)[C@@H]1C=C2CC(=O)CC[C@]2(C)[C@@]23O[C@@H]2C[C@@]2(C)C(C13)[C@@H]1C[C@@H]1[C@@]21COC(=O)O1. The molecule has 0 aromatic heterocycles. The van der Waals surface area contributed by atoms with Gasteiger partial charge in [-0.1, -0.05) is 25.5 Å². The van der Waals surface area contributed by atoms with Crippen molar-refractivity contribution in [3.8, 4) is 0 Å². The van der Waals surface area contributed by atoms with Gasteiger partial charge in [-0.05, 0) is 31.1 Å². The predicted molar refractivity (Wildman–Crippen MR) is 105 cm³/mol. The first-order valence-corrected chi connectivity index (χ1v) is 11.6. The van der Waals surface area contributed by atoms with Gasteiger partial charge in [0.25, 0.3) is 0 Å². The van der Waals surface area contributed by atoms with E-state index in [0.717, 1.165) is 24.8 Å². The Morgan fingerprint density at radius 3 is 2.74 bits per heavy atom. The van der Waals surface area contributed by atoms with Crippen LogP contribution in [0, 0.1) is 40.4 Å². The summed E-state index contributed by atoms with van der Waals surface area (Å²) in [5.41, 5.74) is -0.558. The van der Waals surface area contributed by atoms with Crippen molar-refractivity contribution in [3.05, 3.63) is 11.6 Å². The molecule has 4 saturated carbocycles. The van der Waals surface area contributed by atoms with Crippen molar-refractivity contribution in [2.75, 3.05) is 13.7 Å². The van der Waals surface area contributed by atoms with Gasteiger partial charge >= 0.3 is 12.1 Å². The topological polar surface area (TPSA) is 91.4 Å². The first-order valence-electron chi connectivity index (χ1n) is 11.6. The van der Waals surface area contributed by atoms with Crippen molar-refractivity contribution in [3.63, 3.8) is 0 Å². The number of cyclic esters (lactones) is 1. The molecule has 2 aliphatic heterocycles. The number of ether oxygens (including phenoxy) is 4. The molecule has 7 aliphatic rings. The van der Waals surface area contributed by atoms with Crippen LogP contribution in [0.4, 0.5) is 4.79 Å². The molecule has 0 bridgehead atoms. The molecule has 0 N–H and O–H groups in total. The van der Waals surface area contributed by atoms with E-state index >= 15 is 0 Å². The fourth-order valence-electron chi connectivity index (χ4n) is 9.22. The van der Waals surface area contributed by atoms with Crippen molar-refractivity contribution in [2.24, 2.45) is 40.4 Å². The Morgan fingerprint density at radius 1 is 1.23 bits per heavy atom. The van der Waals surface area contributed by atoms with Crippen LogP contribution in [0.5, 0.6) is 0 Å². The first kappa shape index (κ1) is 18.7. The molecule has 0 radical (unpaired) electrons. The lowest BCUT2D eigenvalue weighted by Gasteiger charge is -2.58. The zero-order valence-electron chi connectivity index (χ0n) is 18.1. The molecule has 2 saturated heterocycles. The normalized spacial score (nSPS) is 57.5. The fourth-order valence-corrected chi connectivity index (χ4v) is 9.22. The van der Waals surface area contributed by atoms with Gasteiger partial charge in [0.2, 0.25) is 0 Å². The second-order valence-electron chi connectivity index (χ2n) is 11.4. The van der Waals surface area contributed by atoms with Crippen LogP contribution in [0.3, 0.4) is 0 Å². The summed E-state index contributed by atoms with van der Waals surface area (Å²) in [6, 6.07) is 0. The minimum absolute atomic E-state index is 0.0125. The quantitative estimate of drug-likeness (QED) is 0.360. The fraction of sp³-hybridized carbons (Fsp3) is 0.792. The molecule has 7 nitrogen and oxygen atoms in total. The molecule has 31 heavy (non-hydrogen) atoms. The molecule has 10 atom stereocenters. The molecule has 6 fully saturated rings. The van der Waals surface area contributed by atoms with E-state index in [9.17, 15) is 14.4 Å². The molecule has 0 aromatic rings. The number of epoxide rings is 1. The molecular weight excluding hydrogens is 400 g/mol. The average molecular weight is 428 g/mol. The highest BCUT2D eigenvalue weighted by Crippen LogP contribution is 2.83. The van der Waals surface area contributed by atoms with Crippen LogP contribution in [0.25, 0.3) is 0 Å². The third kappa shape index (κ3) is 1.80. The molecule has 5 aliphatic carbocycles. The highest BCUT2D eigenvalue weighted by molar-refractivity contribution is 5.84. The van der Waals surface area contributed by atoms with E-state index in [1.807, 2.05) is 6.08 Å². The number of hydrogen-bond donors (Lipinski definition) is 0. The Kier molecular flexibility index (Phi) is 3.12. The number of rotatable bonds is 1. The summed E-state index contributed by atoms with van der Waals surface area (Å²) in [6.07, 6.45) is 4.97. The zero-order chi connectivity index (χ0) is 21.6. The molecule has 2 spiro atoms. The van der Waals surface area contributed by atoms with Gasteiger partial charge in [-0.25, -0.2) is 4.79 Å². The standard InChI is InChI=1S/C24H28O7/c1-21-5-4-12(25)6-11(21)7-14(19(26)28-3)18-17-13-8-15(13)23(10-29-20(27)31-23)22(17,2)9-16-24(18,21)30-16/h7,13-18H,4-6,8-10H2,1-3H3/t13-,14-,15+,16-,17?,18?,21+,22+,23+,24-/m1/s1. The van der Waals surface area contributed by atoms with E-state index in [-0.39, 0.29) is 46.4 Å². The summed E-state index contributed by atoms with van der Waals surface area (Å²) in [4.78, 5) is 37.5. The van der Waals surface area contributed by atoms with Gasteiger partial charge in [0.1, 0.15) is 18.0 Å². The number of fused-ring (bicyclic) bond motifs is 7. The Morgan fingerprint density at radius 2 is 2.03 bits per heavy atom. The number of esters is 1. The lowest BCUT2D eigenvalue weighted by molar-refractivity contribution is -0.158. The van der Waals surface area contributed by atoms with E-state index in [4.69, 9.17) is 18.9 Å². The molecule has 2 heterocycles. The molecule has 166 valence electrons. The summed E-state index contributed by atoms with van der Waals surface area (Å²) < 4.78 is 23.2. The Balaban J connectivity index is 1.41. The number of ketones is 1. The molecule has 0 amide bonds. The number of carbonyl (C=O) groups is 3. The minimum Gasteiger partial charge on any atom is -0.469 e. The van der Waals surface area contributed by atoms with Gasteiger partial charge in [-0.2, -0.15) is 0 Å². The minimum atomic E-state index is -0.619. The van der Waals surface area contributed by atoms with Crippen LogP contribution in [0.1, 0.15) is 46.0 Å². The Bertz CT molecular complexity index is 986. The molecule has 7 rings (SSSR count). The predicted octanol–water partition coefficient (Wildman–Crippen LogP) is 2.81. The van der Waals surface area contributed by atoms with Gasteiger partial charge in [0, 0.05) is 35.5 Å². The summed E-state index contributed by atoms with van der Waals surface area (Å²) in [5.74, 6) is 0.352. The summed E-state index contributed by atoms with van der Waals surface area (Å²) in [5, 5.41) is 0. The number of hydrogen-bond acceptors (Lipinski definition) is 7. The summed E-state index contributed by atoms with van der Waals surface area (Å²) in [7, 11) is 1.43.